The smallest absolute Gasteiger partial charge is 0.330 e. The molecule has 3 N–H and O–H groups in total. The molecule has 1 saturated heterocycles. The van der Waals surface area contributed by atoms with E-state index in [0.29, 0.717) is 0 Å². The van der Waals surface area contributed by atoms with Gasteiger partial charge in [0.05, 0.1) is 18.8 Å². The number of rotatable bonds is 5. The lowest BCUT2D eigenvalue weighted by molar-refractivity contribution is -0.0460. The third kappa shape index (κ3) is 3.16. The second-order valence-electron chi connectivity index (χ2n) is 4.74. The first-order valence-corrected chi connectivity index (χ1v) is 6.95. The van der Waals surface area contributed by atoms with E-state index in [-0.39, 0.29) is 17.9 Å². The summed E-state index contributed by atoms with van der Waals surface area (Å²) in [7, 11) is 0. The van der Waals surface area contributed by atoms with Crippen LogP contribution >= 0.6 is 11.6 Å². The average molecular weight is 332 g/mol. The Morgan fingerprint density at radius 3 is 2.91 bits per heavy atom. The Balaban J connectivity index is 2.43. The molecule has 10 nitrogen and oxygen atoms in total. The van der Waals surface area contributed by atoms with Crippen LogP contribution in [0, 0.1) is 0 Å². The molecule has 11 heteroatoms. The SMILES string of the molecule is [N-]=[N+]=NC(CCl)c1cn([C@@H]2C[C@@H](O)[C@H](CO)O2)c(=O)[nH]c1=O. The van der Waals surface area contributed by atoms with Crippen molar-refractivity contribution in [1.29, 1.82) is 0 Å². The van der Waals surface area contributed by atoms with Gasteiger partial charge in [0, 0.05) is 29.0 Å². The maximum Gasteiger partial charge on any atom is 0.330 e. The van der Waals surface area contributed by atoms with Crippen LogP contribution in [0.25, 0.3) is 10.4 Å². The highest BCUT2D eigenvalue weighted by atomic mass is 35.5. The summed E-state index contributed by atoms with van der Waals surface area (Å²) in [5.41, 5.74) is 7.05. The lowest BCUT2D eigenvalue weighted by Gasteiger charge is -2.16. The van der Waals surface area contributed by atoms with Crippen LogP contribution < -0.4 is 11.2 Å². The lowest BCUT2D eigenvalue weighted by atomic mass is 10.1. The Kier molecular flexibility index (Phi) is 5.22. The standard InChI is InChI=1S/C11H14ClN5O5/c12-2-6(15-16-13)5-3-17(11(21)14-10(5)20)9-1-7(19)8(4-18)22-9/h3,6-9,18-19H,1-2,4H2,(H,14,20,21)/t6?,7-,8+,9+/m1/s1. The topological polar surface area (TPSA) is 153 Å². The van der Waals surface area contributed by atoms with Crippen molar-refractivity contribution in [2.45, 2.75) is 30.9 Å². The number of hydrogen-bond donors (Lipinski definition) is 3. The minimum Gasteiger partial charge on any atom is -0.394 e. The van der Waals surface area contributed by atoms with Crippen molar-refractivity contribution >= 4 is 11.6 Å². The first-order chi connectivity index (χ1) is 10.5. The summed E-state index contributed by atoms with van der Waals surface area (Å²) < 4.78 is 6.43. The highest BCUT2D eigenvalue weighted by Crippen LogP contribution is 2.27. The molecule has 0 aromatic carbocycles. The van der Waals surface area contributed by atoms with Crippen LogP contribution in [0.5, 0.6) is 0 Å². The molecule has 22 heavy (non-hydrogen) atoms. The normalized spacial score (nSPS) is 25.7. The average Bonchev–Trinajstić information content (AvgIpc) is 2.86. The number of aliphatic hydroxyl groups is 2. The monoisotopic (exact) mass is 331 g/mol. The maximum absolute atomic E-state index is 11.9. The van der Waals surface area contributed by atoms with Gasteiger partial charge in [-0.3, -0.25) is 14.3 Å². The van der Waals surface area contributed by atoms with Gasteiger partial charge in [0.1, 0.15) is 12.3 Å². The van der Waals surface area contributed by atoms with E-state index < -0.39 is 42.3 Å². The molecule has 1 aliphatic heterocycles. The van der Waals surface area contributed by atoms with Gasteiger partial charge in [-0.25, -0.2) is 4.79 Å². The van der Waals surface area contributed by atoms with Crippen molar-refractivity contribution < 1.29 is 14.9 Å². The fourth-order valence-electron chi connectivity index (χ4n) is 2.24. The fraction of sp³-hybridized carbons (Fsp3) is 0.636. The maximum atomic E-state index is 11.9. The summed E-state index contributed by atoms with van der Waals surface area (Å²) in [6.45, 7) is -0.397. The number of aromatic nitrogens is 2. The molecule has 0 bridgehead atoms. The van der Waals surface area contributed by atoms with Crippen molar-refractivity contribution in [1.82, 2.24) is 9.55 Å². The van der Waals surface area contributed by atoms with Crippen LogP contribution in [-0.2, 0) is 4.74 Å². The number of ether oxygens (including phenoxy) is 1. The summed E-state index contributed by atoms with van der Waals surface area (Å²) in [5, 5.41) is 22.2. The minimum atomic E-state index is -0.942. The number of hydrogen-bond acceptors (Lipinski definition) is 6. The van der Waals surface area contributed by atoms with Crippen LogP contribution in [0.2, 0.25) is 0 Å². The molecule has 0 aliphatic carbocycles. The van der Waals surface area contributed by atoms with Crippen LogP contribution in [0.4, 0.5) is 0 Å². The van der Waals surface area contributed by atoms with Crippen molar-refractivity contribution in [3.63, 3.8) is 0 Å². The lowest BCUT2D eigenvalue weighted by Crippen LogP contribution is -2.35. The van der Waals surface area contributed by atoms with Gasteiger partial charge in [-0.15, -0.1) is 11.6 Å². The summed E-state index contributed by atoms with van der Waals surface area (Å²) in [5.74, 6) is -0.140. The Hall–Kier alpha value is -1.84. The molecule has 1 aromatic rings. The highest BCUT2D eigenvalue weighted by molar-refractivity contribution is 6.18. The van der Waals surface area contributed by atoms with Crippen LogP contribution in [0.3, 0.4) is 0 Å². The third-order valence-corrected chi connectivity index (χ3v) is 3.68. The van der Waals surface area contributed by atoms with E-state index in [1.165, 1.54) is 6.20 Å². The summed E-state index contributed by atoms with van der Waals surface area (Å²) >= 11 is 5.66. The second kappa shape index (κ2) is 6.95. The molecule has 0 amide bonds. The van der Waals surface area contributed by atoms with Crippen LogP contribution in [-0.4, -0.2) is 44.5 Å². The van der Waals surface area contributed by atoms with Crippen molar-refractivity contribution in [3.8, 4) is 0 Å². The quantitative estimate of drug-likeness (QED) is 0.294. The first-order valence-electron chi connectivity index (χ1n) is 6.41. The Labute approximate surface area is 128 Å². The molecule has 4 atom stereocenters. The molecule has 2 rings (SSSR count). The van der Waals surface area contributed by atoms with E-state index in [9.17, 15) is 14.7 Å². The number of nitrogens with zero attached hydrogens (tertiary/aromatic N) is 4. The van der Waals surface area contributed by atoms with E-state index in [2.05, 4.69) is 15.0 Å². The van der Waals surface area contributed by atoms with Gasteiger partial charge < -0.3 is 14.9 Å². The number of halogens is 1. The first kappa shape index (κ1) is 16.5. The molecule has 120 valence electrons. The Morgan fingerprint density at radius 2 is 2.36 bits per heavy atom. The molecule has 0 saturated carbocycles. The number of azide groups is 1. The van der Waals surface area contributed by atoms with Gasteiger partial charge in [-0.2, -0.15) is 0 Å². The molecule has 0 radical (unpaired) electrons. The Bertz CT molecular complexity index is 697. The molecule has 0 spiro atoms. The Morgan fingerprint density at radius 1 is 1.64 bits per heavy atom. The molecular formula is C11H14ClN5O5. The van der Waals surface area contributed by atoms with Gasteiger partial charge in [-0.1, -0.05) is 5.11 Å². The zero-order valence-corrected chi connectivity index (χ0v) is 12.0. The van der Waals surface area contributed by atoms with Crippen molar-refractivity contribution in [3.05, 3.63) is 43.0 Å². The predicted octanol–water partition coefficient (Wildman–Crippen LogP) is -0.233. The van der Waals surface area contributed by atoms with E-state index in [0.717, 1.165) is 4.57 Å². The van der Waals surface area contributed by atoms with Crippen molar-refractivity contribution in [2.75, 3.05) is 12.5 Å². The van der Waals surface area contributed by atoms with Crippen LogP contribution in [0.15, 0.2) is 20.9 Å². The number of aromatic amines is 1. The molecule has 1 unspecified atom stereocenters. The highest BCUT2D eigenvalue weighted by Gasteiger charge is 2.35. The molecule has 1 aliphatic rings. The van der Waals surface area contributed by atoms with Gasteiger partial charge in [0.2, 0.25) is 0 Å². The molecule has 1 fully saturated rings. The van der Waals surface area contributed by atoms with Crippen molar-refractivity contribution in [2.24, 2.45) is 5.11 Å². The van der Waals surface area contributed by atoms with Gasteiger partial charge in [0.25, 0.3) is 5.56 Å². The molecule has 2 heterocycles. The van der Waals surface area contributed by atoms with Gasteiger partial charge >= 0.3 is 5.69 Å². The van der Waals surface area contributed by atoms with E-state index >= 15 is 0 Å². The zero-order valence-electron chi connectivity index (χ0n) is 11.3. The number of alkyl halides is 1. The van der Waals surface area contributed by atoms with Crippen LogP contribution in [0.1, 0.15) is 24.3 Å². The zero-order chi connectivity index (χ0) is 16.3. The third-order valence-electron chi connectivity index (χ3n) is 3.39. The summed E-state index contributed by atoms with van der Waals surface area (Å²) in [6, 6.07) is -0.942. The van der Waals surface area contributed by atoms with Gasteiger partial charge in [-0.05, 0) is 5.53 Å². The van der Waals surface area contributed by atoms with Gasteiger partial charge in [0.15, 0.2) is 0 Å². The number of nitrogens with one attached hydrogen (secondary N) is 1. The summed E-state index contributed by atoms with van der Waals surface area (Å²) in [4.78, 5) is 28.4. The van der Waals surface area contributed by atoms with E-state index in [1.807, 2.05) is 0 Å². The number of aliphatic hydroxyl groups excluding tert-OH is 2. The van der Waals surface area contributed by atoms with E-state index in [4.69, 9.17) is 27.0 Å². The largest absolute Gasteiger partial charge is 0.394 e. The second-order valence-corrected chi connectivity index (χ2v) is 5.05. The summed E-state index contributed by atoms with van der Waals surface area (Å²) in [6.07, 6.45) is -1.33. The minimum absolute atomic E-state index is 0.0120. The number of H-pyrrole nitrogens is 1. The molecular weight excluding hydrogens is 318 g/mol. The predicted molar refractivity (Wildman–Crippen MR) is 75.5 cm³/mol. The van der Waals surface area contributed by atoms with E-state index in [1.54, 1.807) is 0 Å². The molecule has 1 aromatic heterocycles. The fourth-order valence-corrected chi connectivity index (χ4v) is 2.47.